The van der Waals surface area contributed by atoms with E-state index in [9.17, 15) is 29.1 Å². The zero-order valence-electron chi connectivity index (χ0n) is 53.5. The van der Waals surface area contributed by atoms with Crippen molar-refractivity contribution in [1.29, 1.82) is 0 Å². The van der Waals surface area contributed by atoms with Crippen molar-refractivity contribution in [2.24, 2.45) is 28.7 Å². The molecule has 18 heteroatoms. The van der Waals surface area contributed by atoms with E-state index >= 15 is 0 Å². The van der Waals surface area contributed by atoms with E-state index in [-0.39, 0.29) is 59.0 Å². The number of piperidine rings is 1. The van der Waals surface area contributed by atoms with Gasteiger partial charge in [0.05, 0.1) is 51.5 Å². The first kappa shape index (κ1) is 70.9. The Morgan fingerprint density at radius 3 is 1.83 bits per heavy atom. The van der Waals surface area contributed by atoms with Crippen LogP contribution < -0.4 is 46.7 Å². The van der Waals surface area contributed by atoms with Gasteiger partial charge in [0.25, 0.3) is 17.7 Å². The second-order valence-corrected chi connectivity index (χ2v) is 25.8. The normalized spacial score (nSPS) is 14.2. The van der Waals surface area contributed by atoms with Crippen LogP contribution in [0.4, 0.5) is 11.5 Å². The molecule has 1 aromatic carbocycles. The predicted molar refractivity (Wildman–Crippen MR) is 345 cm³/mol. The first-order valence-corrected chi connectivity index (χ1v) is 33.0. The lowest BCUT2D eigenvalue weighted by molar-refractivity contribution is -0.893. The zero-order chi connectivity index (χ0) is 62.0. The van der Waals surface area contributed by atoms with Gasteiger partial charge in [-0.1, -0.05) is 135 Å². The Morgan fingerprint density at radius 2 is 1.29 bits per heavy atom. The number of benzene rings is 1. The van der Waals surface area contributed by atoms with Crippen LogP contribution in [-0.4, -0.2) is 142 Å². The zero-order valence-corrected chi connectivity index (χ0v) is 53.5. The molecular formula is C68H111N10O8+. The number of nitrogens with zero attached hydrogens (tertiary/aromatic N) is 5. The number of ether oxygens (including phenoxy) is 2. The van der Waals surface area contributed by atoms with Crippen molar-refractivity contribution in [2.45, 2.75) is 194 Å². The highest BCUT2D eigenvalue weighted by molar-refractivity contribution is 6.09. The second kappa shape index (κ2) is 39.1. The summed E-state index contributed by atoms with van der Waals surface area (Å²) >= 11 is 0. The number of hydrogen-bond donors (Lipinski definition) is 6. The first-order chi connectivity index (χ1) is 41.5. The fourth-order valence-electron chi connectivity index (χ4n) is 12.1. The van der Waals surface area contributed by atoms with Crippen LogP contribution in [0.2, 0.25) is 0 Å². The minimum Gasteiger partial charge on any atom is -0.497 e. The molecule has 3 aromatic rings. The van der Waals surface area contributed by atoms with Gasteiger partial charge in [0, 0.05) is 76.3 Å². The number of quaternary nitrogens is 1. The van der Waals surface area contributed by atoms with Gasteiger partial charge >= 0.3 is 5.97 Å². The van der Waals surface area contributed by atoms with Crippen LogP contribution in [-0.2, 0) is 19.2 Å². The average Bonchev–Trinajstić information content (AvgIpc) is 1.53. The molecular weight excluding hydrogens is 1080 g/mol. The van der Waals surface area contributed by atoms with E-state index in [4.69, 9.17) is 25.9 Å². The van der Waals surface area contributed by atoms with E-state index in [0.29, 0.717) is 93.7 Å². The number of methoxy groups -OCH3 is 1. The van der Waals surface area contributed by atoms with E-state index in [1.54, 1.807) is 13.3 Å². The summed E-state index contributed by atoms with van der Waals surface area (Å²) in [7, 11) is 3.52. The lowest BCUT2D eigenvalue weighted by Gasteiger charge is -2.36. The molecule has 2 aromatic heterocycles. The van der Waals surface area contributed by atoms with Gasteiger partial charge in [0.15, 0.2) is 13.1 Å². The molecule has 0 spiro atoms. The fourth-order valence-corrected chi connectivity index (χ4v) is 12.1. The summed E-state index contributed by atoms with van der Waals surface area (Å²) in [6, 6.07) is 15.6. The number of aliphatic carboxylic acids is 1. The molecule has 0 radical (unpaired) electrons. The maximum atomic E-state index is 15.0. The Labute approximate surface area is 516 Å². The summed E-state index contributed by atoms with van der Waals surface area (Å²) in [5.41, 5.74) is 14.3. The minimum atomic E-state index is -0.776. The Kier molecular flexibility index (Phi) is 32.3. The molecule has 1 atom stereocenters. The first-order valence-electron chi connectivity index (χ1n) is 33.0. The number of aromatic nitrogens is 2. The van der Waals surface area contributed by atoms with Crippen molar-refractivity contribution in [2.75, 3.05) is 103 Å². The monoisotopic (exact) mass is 1200 g/mol. The van der Waals surface area contributed by atoms with Gasteiger partial charge in [0.2, 0.25) is 11.8 Å². The van der Waals surface area contributed by atoms with Crippen LogP contribution in [0.15, 0.2) is 54.7 Å². The molecule has 1 saturated heterocycles. The molecule has 1 aliphatic carbocycles. The van der Waals surface area contributed by atoms with Crippen molar-refractivity contribution >= 4 is 41.1 Å². The van der Waals surface area contributed by atoms with Crippen LogP contribution in [0.3, 0.4) is 0 Å². The molecule has 3 heterocycles. The van der Waals surface area contributed by atoms with Gasteiger partial charge < -0.3 is 51.4 Å². The molecule has 4 amide bonds. The van der Waals surface area contributed by atoms with E-state index in [1.807, 2.05) is 67.4 Å². The maximum absolute atomic E-state index is 15.0. The number of carbonyl (C=O) groups is 5. The summed E-state index contributed by atoms with van der Waals surface area (Å²) in [5, 5.41) is 18.1. The molecule has 1 aliphatic heterocycles. The standard InChI is InChI=1S/C68H110N10O8/c1-53-26-25-27-61(75-53)77(67(84)58-32-31-57(85-5)47-60(58)76-43-34-54(35-44-76)51-86-65-46-56(33-39-74-65)59(48-66(82)83)55-29-30-55)52-68(2,3)36-24-22-20-18-16-14-12-10-8-6-7-9-11-13-15-17-19-21-23-28-62(79)73-42-45-78(4,49-63(80)71-40-37-69)50-64(81)72-41-38-70/h25-27,31-33,39,46-47,54-55,59H,6-24,28-30,34-38,40-45,48-52,69-70H2,1-5H3,(H3-,71,72,73,79,80,81,82,83)/p+1/t59-/m0/s1. The van der Waals surface area contributed by atoms with Crippen LogP contribution in [0.25, 0.3) is 0 Å². The van der Waals surface area contributed by atoms with Crippen LogP contribution in [0.1, 0.15) is 208 Å². The average molecular weight is 1200 g/mol. The SMILES string of the molecule is COc1ccc(C(=O)N(CC(C)(C)CCCCCCCCCCCCCCCCCCCCCC(=O)NCC[N+](C)(CC(=O)NCCN)CC(=O)NCCN)c2cccc(C)n2)c(N2CCC(COc3cc([C@@H](CC(=O)O)C4CC4)ccn3)CC2)c1. The fraction of sp³-hybridized carbons (Fsp3) is 0.691. The third kappa shape index (κ3) is 27.5. The van der Waals surface area contributed by atoms with Gasteiger partial charge in [-0.25, -0.2) is 9.97 Å². The number of hydrogen-bond acceptors (Lipinski definition) is 12. The van der Waals surface area contributed by atoms with Crippen molar-refractivity contribution in [3.8, 4) is 11.6 Å². The number of aryl methyl sites for hydroxylation is 1. The molecule has 480 valence electrons. The number of amides is 4. The lowest BCUT2D eigenvalue weighted by Crippen LogP contribution is -2.57. The number of nitrogens with two attached hydrogens (primary N) is 2. The summed E-state index contributed by atoms with van der Waals surface area (Å²) < 4.78 is 12.1. The molecule has 1 saturated carbocycles. The number of rotatable bonds is 46. The molecule has 2 aliphatic rings. The topological polar surface area (TPSA) is 244 Å². The van der Waals surface area contributed by atoms with Crippen molar-refractivity contribution < 1.29 is 43.0 Å². The maximum Gasteiger partial charge on any atom is 0.303 e. The smallest absolute Gasteiger partial charge is 0.303 e. The van der Waals surface area contributed by atoms with Crippen molar-refractivity contribution in [1.82, 2.24) is 25.9 Å². The molecule has 18 nitrogen and oxygen atoms in total. The van der Waals surface area contributed by atoms with Gasteiger partial charge in [0.1, 0.15) is 11.6 Å². The van der Waals surface area contributed by atoms with Gasteiger partial charge in [-0.05, 0) is 105 Å². The Hall–Kier alpha value is -5.85. The number of likely N-dealkylation sites (N-methyl/N-ethyl adjacent to an activating group) is 1. The van der Waals surface area contributed by atoms with Gasteiger partial charge in [-0.15, -0.1) is 0 Å². The molecule has 86 heavy (non-hydrogen) atoms. The third-order valence-corrected chi connectivity index (χ3v) is 17.3. The number of carboxylic acids is 1. The van der Waals surface area contributed by atoms with Crippen molar-refractivity contribution in [3.63, 3.8) is 0 Å². The summed E-state index contributed by atoms with van der Waals surface area (Å²) in [5.74, 6) is 1.48. The van der Waals surface area contributed by atoms with Gasteiger partial charge in [-0.3, -0.25) is 28.9 Å². The van der Waals surface area contributed by atoms with E-state index in [0.717, 1.165) is 87.8 Å². The summed E-state index contributed by atoms with van der Waals surface area (Å²) in [4.78, 5) is 77.6. The van der Waals surface area contributed by atoms with Gasteiger partial charge in [-0.2, -0.15) is 0 Å². The number of anilines is 2. The highest BCUT2D eigenvalue weighted by atomic mass is 16.5. The van der Waals surface area contributed by atoms with E-state index < -0.39 is 5.97 Å². The number of carbonyl (C=O) groups excluding carboxylic acids is 4. The Balaban J connectivity index is 0.908. The minimum absolute atomic E-state index is 0.00763. The van der Waals surface area contributed by atoms with Crippen LogP contribution >= 0.6 is 0 Å². The Morgan fingerprint density at radius 1 is 0.733 bits per heavy atom. The number of pyridine rings is 2. The molecule has 8 N–H and O–H groups in total. The molecule has 5 rings (SSSR count). The van der Waals surface area contributed by atoms with Crippen LogP contribution in [0, 0.1) is 24.2 Å². The largest absolute Gasteiger partial charge is 0.497 e. The highest BCUT2D eigenvalue weighted by Gasteiger charge is 2.35. The summed E-state index contributed by atoms with van der Waals surface area (Å²) in [6.45, 7) is 11.7. The molecule has 2 fully saturated rings. The predicted octanol–water partition coefficient (Wildman–Crippen LogP) is 10.6. The highest BCUT2D eigenvalue weighted by Crippen LogP contribution is 2.45. The Bertz CT molecular complexity index is 2460. The third-order valence-electron chi connectivity index (χ3n) is 17.3. The van der Waals surface area contributed by atoms with E-state index in [1.165, 1.54) is 96.3 Å². The number of nitrogens with one attached hydrogen (secondary N) is 3. The second-order valence-electron chi connectivity index (χ2n) is 25.8. The number of unbranched alkanes of at least 4 members (excludes halogenated alkanes) is 18. The van der Waals surface area contributed by atoms with Crippen LogP contribution in [0.5, 0.6) is 11.6 Å². The molecule has 0 bridgehead atoms. The van der Waals surface area contributed by atoms with E-state index in [2.05, 4.69) is 39.7 Å². The summed E-state index contributed by atoms with van der Waals surface area (Å²) in [6.07, 6.45) is 30.9. The lowest BCUT2D eigenvalue weighted by atomic mass is 9.85. The molecule has 0 unspecified atom stereocenters. The quantitative estimate of drug-likeness (QED) is 0.0228. The number of carboxylic acid groups (broad SMARTS) is 1. The van der Waals surface area contributed by atoms with Crippen molar-refractivity contribution in [3.05, 3.63) is 71.5 Å².